The first-order chi connectivity index (χ1) is 10.7. The molecular formula is C18H14BN3. The molecule has 3 aromatic heterocycles. The third-order valence-electron chi connectivity index (χ3n) is 3.87. The number of nitrogens with zero attached hydrogens (tertiary/aromatic N) is 3. The van der Waals surface area contributed by atoms with Gasteiger partial charge in [0.1, 0.15) is 13.7 Å². The van der Waals surface area contributed by atoms with E-state index in [1.54, 1.807) is 0 Å². The van der Waals surface area contributed by atoms with Crippen molar-refractivity contribution in [2.24, 2.45) is 0 Å². The van der Waals surface area contributed by atoms with Crippen molar-refractivity contribution in [3.8, 4) is 0 Å². The number of benzene rings is 1. The van der Waals surface area contributed by atoms with Crippen LogP contribution in [0, 0.1) is 6.92 Å². The van der Waals surface area contributed by atoms with Crippen LogP contribution in [0.2, 0.25) is 0 Å². The Balaban J connectivity index is 1.77. The Hall–Kier alpha value is -2.62. The molecule has 0 saturated heterocycles. The van der Waals surface area contributed by atoms with Crippen molar-refractivity contribution in [3.05, 3.63) is 71.9 Å². The minimum atomic E-state index is 0.741. The van der Waals surface area contributed by atoms with Crippen LogP contribution in [0.4, 0.5) is 0 Å². The Morgan fingerprint density at radius 3 is 2.86 bits per heavy atom. The summed E-state index contributed by atoms with van der Waals surface area (Å²) in [5, 5.41) is 1.16. The van der Waals surface area contributed by atoms with Gasteiger partial charge in [0.2, 0.25) is 0 Å². The molecule has 0 amide bonds. The van der Waals surface area contributed by atoms with E-state index in [2.05, 4.69) is 41.2 Å². The highest BCUT2D eigenvalue weighted by Gasteiger charge is 2.06. The fourth-order valence-corrected chi connectivity index (χ4v) is 2.77. The minimum Gasteiger partial charge on any atom is -0.304 e. The van der Waals surface area contributed by atoms with Gasteiger partial charge in [0, 0.05) is 24.2 Å². The predicted octanol–water partition coefficient (Wildman–Crippen LogP) is 2.58. The van der Waals surface area contributed by atoms with Crippen molar-refractivity contribution in [2.45, 2.75) is 13.3 Å². The summed E-state index contributed by atoms with van der Waals surface area (Å²) in [5.41, 5.74) is 5.21. The van der Waals surface area contributed by atoms with Crippen LogP contribution in [0.3, 0.4) is 0 Å². The van der Waals surface area contributed by atoms with E-state index in [-0.39, 0.29) is 0 Å². The standard InChI is InChI=1S/C18H14BN3/c1-12-6-14-7-13(2-5-17(14)20-9-12)8-18-21-10-16-4-3-15(19)11-22(16)18/h2-7,9-11H,8H2,1H3. The summed E-state index contributed by atoms with van der Waals surface area (Å²) in [5.74, 6) is 0.988. The van der Waals surface area contributed by atoms with Crippen LogP contribution in [0.25, 0.3) is 16.4 Å². The molecule has 0 unspecified atom stereocenters. The van der Waals surface area contributed by atoms with Gasteiger partial charge in [-0.15, -0.1) is 0 Å². The summed E-state index contributed by atoms with van der Waals surface area (Å²) in [6, 6.07) is 12.4. The summed E-state index contributed by atoms with van der Waals surface area (Å²) in [6.45, 7) is 2.06. The van der Waals surface area contributed by atoms with Crippen molar-refractivity contribution in [1.82, 2.24) is 14.4 Å². The number of rotatable bonds is 2. The molecule has 4 heteroatoms. The van der Waals surface area contributed by atoms with Gasteiger partial charge < -0.3 is 4.40 Å². The molecule has 0 fully saturated rings. The molecule has 4 aromatic rings. The summed E-state index contributed by atoms with van der Waals surface area (Å²) in [7, 11) is 5.88. The first-order valence-corrected chi connectivity index (χ1v) is 7.26. The Kier molecular flexibility index (Phi) is 2.96. The molecule has 1 aromatic carbocycles. The molecular weight excluding hydrogens is 269 g/mol. The molecule has 0 aliphatic carbocycles. The van der Waals surface area contributed by atoms with E-state index >= 15 is 0 Å². The zero-order chi connectivity index (χ0) is 15.1. The highest BCUT2D eigenvalue weighted by molar-refractivity contribution is 6.32. The quantitative estimate of drug-likeness (QED) is 0.529. The van der Waals surface area contributed by atoms with Gasteiger partial charge in [0.05, 0.1) is 17.2 Å². The van der Waals surface area contributed by atoms with Crippen LogP contribution < -0.4 is 5.46 Å². The smallest absolute Gasteiger partial charge is 0.117 e. The van der Waals surface area contributed by atoms with E-state index in [0.717, 1.165) is 34.1 Å². The number of hydrogen-bond acceptors (Lipinski definition) is 2. The lowest BCUT2D eigenvalue weighted by Gasteiger charge is -2.05. The third-order valence-corrected chi connectivity index (χ3v) is 3.87. The van der Waals surface area contributed by atoms with Gasteiger partial charge in [-0.05, 0) is 42.3 Å². The largest absolute Gasteiger partial charge is 0.304 e. The second kappa shape index (κ2) is 4.99. The van der Waals surface area contributed by atoms with Crippen molar-refractivity contribution in [2.75, 3.05) is 0 Å². The zero-order valence-corrected chi connectivity index (χ0v) is 12.3. The third kappa shape index (κ3) is 2.27. The molecule has 2 radical (unpaired) electrons. The second-order valence-electron chi connectivity index (χ2n) is 5.65. The molecule has 0 bridgehead atoms. The van der Waals surface area contributed by atoms with E-state index in [1.807, 2.05) is 35.1 Å². The lowest BCUT2D eigenvalue weighted by molar-refractivity contribution is 0.965. The van der Waals surface area contributed by atoms with Crippen LogP contribution in [-0.4, -0.2) is 22.2 Å². The number of aryl methyl sites for hydroxylation is 1. The molecule has 4 rings (SSSR count). The van der Waals surface area contributed by atoms with Gasteiger partial charge in [-0.25, -0.2) is 4.98 Å². The Labute approximate surface area is 130 Å². The van der Waals surface area contributed by atoms with Gasteiger partial charge in [0.25, 0.3) is 0 Å². The Bertz CT molecular complexity index is 988. The van der Waals surface area contributed by atoms with Crippen molar-refractivity contribution in [3.63, 3.8) is 0 Å². The average molecular weight is 283 g/mol. The van der Waals surface area contributed by atoms with Gasteiger partial charge in [-0.3, -0.25) is 4.98 Å². The highest BCUT2D eigenvalue weighted by Crippen LogP contribution is 2.18. The number of hydrogen-bond donors (Lipinski definition) is 0. The number of pyridine rings is 2. The van der Waals surface area contributed by atoms with E-state index in [1.165, 1.54) is 11.1 Å². The number of fused-ring (bicyclic) bond motifs is 2. The molecule has 0 N–H and O–H groups in total. The molecule has 0 saturated carbocycles. The molecule has 22 heavy (non-hydrogen) atoms. The SMILES string of the molecule is [B]c1ccc2cnc(Cc3ccc4ncc(C)cc4c3)n2c1. The van der Waals surface area contributed by atoms with Gasteiger partial charge in [-0.2, -0.15) is 0 Å². The maximum atomic E-state index is 5.88. The van der Waals surface area contributed by atoms with Crippen LogP contribution >= 0.6 is 0 Å². The highest BCUT2D eigenvalue weighted by atomic mass is 15.0. The molecule has 104 valence electrons. The summed E-state index contributed by atoms with van der Waals surface area (Å²) in [4.78, 5) is 8.96. The van der Waals surface area contributed by atoms with Gasteiger partial charge in [-0.1, -0.05) is 17.6 Å². The Morgan fingerprint density at radius 2 is 1.95 bits per heavy atom. The maximum absolute atomic E-state index is 5.88. The maximum Gasteiger partial charge on any atom is 0.117 e. The van der Waals surface area contributed by atoms with E-state index in [4.69, 9.17) is 7.85 Å². The van der Waals surface area contributed by atoms with Crippen LogP contribution in [0.15, 0.2) is 55.0 Å². The summed E-state index contributed by atoms with van der Waals surface area (Å²) in [6.07, 6.45) is 6.46. The summed E-state index contributed by atoms with van der Waals surface area (Å²) >= 11 is 0. The van der Waals surface area contributed by atoms with Crippen molar-refractivity contribution >= 4 is 29.7 Å². The first kappa shape index (κ1) is 13.1. The molecule has 3 heterocycles. The van der Waals surface area contributed by atoms with E-state index in [9.17, 15) is 0 Å². The average Bonchev–Trinajstić information content (AvgIpc) is 2.89. The fourth-order valence-electron chi connectivity index (χ4n) is 2.77. The molecule has 0 atom stereocenters. The van der Waals surface area contributed by atoms with Crippen LogP contribution in [-0.2, 0) is 6.42 Å². The van der Waals surface area contributed by atoms with Crippen molar-refractivity contribution in [1.29, 1.82) is 0 Å². The number of aromatic nitrogens is 3. The van der Waals surface area contributed by atoms with Gasteiger partial charge >= 0.3 is 0 Å². The van der Waals surface area contributed by atoms with E-state index in [0.29, 0.717) is 0 Å². The van der Waals surface area contributed by atoms with Crippen LogP contribution in [0.1, 0.15) is 17.0 Å². The summed E-state index contributed by atoms with van der Waals surface area (Å²) < 4.78 is 2.05. The molecule has 3 nitrogen and oxygen atoms in total. The minimum absolute atomic E-state index is 0.741. The van der Waals surface area contributed by atoms with E-state index < -0.39 is 0 Å². The normalized spacial score (nSPS) is 11.3. The zero-order valence-electron chi connectivity index (χ0n) is 12.3. The number of imidazole rings is 1. The monoisotopic (exact) mass is 283 g/mol. The topological polar surface area (TPSA) is 30.2 Å². The molecule has 0 aliphatic rings. The van der Waals surface area contributed by atoms with Crippen molar-refractivity contribution < 1.29 is 0 Å². The Morgan fingerprint density at radius 1 is 1.05 bits per heavy atom. The van der Waals surface area contributed by atoms with Crippen LogP contribution in [0.5, 0.6) is 0 Å². The van der Waals surface area contributed by atoms with Gasteiger partial charge in [0.15, 0.2) is 0 Å². The fraction of sp³-hybridized carbons (Fsp3) is 0.111. The lowest BCUT2D eigenvalue weighted by atomic mass is 9.99. The first-order valence-electron chi connectivity index (χ1n) is 7.26. The lowest BCUT2D eigenvalue weighted by Crippen LogP contribution is -2.06. The second-order valence-corrected chi connectivity index (χ2v) is 5.65. The predicted molar refractivity (Wildman–Crippen MR) is 89.9 cm³/mol. The molecule has 0 aliphatic heterocycles. The molecule has 0 spiro atoms.